The lowest BCUT2D eigenvalue weighted by molar-refractivity contribution is 0.0938. The quantitative estimate of drug-likeness (QED) is 0.723. The Bertz CT molecular complexity index is 1010. The molecule has 0 spiro atoms. The van der Waals surface area contributed by atoms with Gasteiger partial charge in [-0.3, -0.25) is 9.59 Å². The minimum absolute atomic E-state index is 0.0628. The first-order chi connectivity index (χ1) is 11.0. The summed E-state index contributed by atoms with van der Waals surface area (Å²) in [4.78, 5) is 24.8. The van der Waals surface area contributed by atoms with Gasteiger partial charge in [0, 0.05) is 0 Å². The van der Waals surface area contributed by atoms with Crippen LogP contribution in [0.5, 0.6) is 5.75 Å². The molecule has 0 fully saturated rings. The number of rotatable bonds is 1. The van der Waals surface area contributed by atoms with E-state index in [4.69, 9.17) is 4.42 Å². The molecule has 0 saturated heterocycles. The molecule has 4 rings (SSSR count). The smallest absolute Gasteiger partial charge is 0.288 e. The third kappa shape index (κ3) is 1.99. The van der Waals surface area contributed by atoms with Gasteiger partial charge in [-0.25, -0.2) is 4.39 Å². The van der Waals surface area contributed by atoms with Crippen LogP contribution in [0.2, 0.25) is 0 Å². The summed E-state index contributed by atoms with van der Waals surface area (Å²) in [6, 6.07) is 9.02. The van der Waals surface area contributed by atoms with E-state index in [-0.39, 0.29) is 28.0 Å². The van der Waals surface area contributed by atoms with Gasteiger partial charge in [0.05, 0.1) is 17.0 Å². The maximum absolute atomic E-state index is 13.4. The van der Waals surface area contributed by atoms with Crippen molar-refractivity contribution >= 4 is 16.9 Å². The number of halogens is 1. The number of carbonyl (C=O) groups is 1. The standard InChI is InChI=1S/C17H10FNO4/c18-9-3-6-12-11(7-9)15(21)13-14(19-17(22)16(13)23-12)8-1-4-10(20)5-2-8/h1-7,14,20H,(H,19,22). The third-order valence-corrected chi connectivity index (χ3v) is 3.88. The average Bonchev–Trinajstić information content (AvgIpc) is 2.86. The molecule has 6 heteroatoms. The largest absolute Gasteiger partial charge is 0.508 e. The molecule has 1 aliphatic rings. The molecule has 2 N–H and O–H groups in total. The van der Waals surface area contributed by atoms with Gasteiger partial charge in [-0.05, 0) is 35.9 Å². The second-order valence-electron chi connectivity index (χ2n) is 5.31. The van der Waals surface area contributed by atoms with Gasteiger partial charge in [-0.15, -0.1) is 0 Å². The van der Waals surface area contributed by atoms with Crippen LogP contribution in [0, 0.1) is 5.82 Å². The van der Waals surface area contributed by atoms with Crippen LogP contribution in [-0.2, 0) is 0 Å². The molecule has 23 heavy (non-hydrogen) atoms. The van der Waals surface area contributed by atoms with Gasteiger partial charge in [0.1, 0.15) is 17.1 Å². The summed E-state index contributed by atoms with van der Waals surface area (Å²) in [7, 11) is 0. The van der Waals surface area contributed by atoms with E-state index in [0.29, 0.717) is 5.56 Å². The summed E-state index contributed by atoms with van der Waals surface area (Å²) < 4.78 is 18.9. The SMILES string of the molecule is O=C1NC(c2ccc(O)cc2)c2c1oc1ccc(F)cc1c2=O. The van der Waals surface area contributed by atoms with E-state index >= 15 is 0 Å². The molecule has 0 bridgehead atoms. The van der Waals surface area contributed by atoms with E-state index in [0.717, 1.165) is 6.07 Å². The Kier molecular flexibility index (Phi) is 2.74. The number of hydrogen-bond acceptors (Lipinski definition) is 4. The Hall–Kier alpha value is -3.15. The van der Waals surface area contributed by atoms with Crippen molar-refractivity contribution in [1.29, 1.82) is 0 Å². The summed E-state index contributed by atoms with van der Waals surface area (Å²) in [5.41, 5.74) is 0.491. The molecule has 1 amide bonds. The molecule has 1 aliphatic heterocycles. The molecule has 3 aromatic rings. The fourth-order valence-electron chi connectivity index (χ4n) is 2.80. The minimum atomic E-state index is -0.693. The van der Waals surface area contributed by atoms with Crippen LogP contribution in [0.15, 0.2) is 51.7 Å². The van der Waals surface area contributed by atoms with Gasteiger partial charge in [-0.2, -0.15) is 0 Å². The van der Waals surface area contributed by atoms with Gasteiger partial charge in [0.25, 0.3) is 5.91 Å². The van der Waals surface area contributed by atoms with E-state index in [9.17, 15) is 19.1 Å². The maximum atomic E-state index is 13.4. The lowest BCUT2D eigenvalue weighted by atomic mass is 9.99. The number of phenolic OH excluding ortho intramolecular Hbond substituents is 1. The first-order valence-corrected chi connectivity index (χ1v) is 6.90. The molecule has 0 radical (unpaired) electrons. The van der Waals surface area contributed by atoms with Crippen molar-refractivity contribution in [2.75, 3.05) is 0 Å². The van der Waals surface area contributed by atoms with E-state index in [1.807, 2.05) is 0 Å². The first kappa shape index (κ1) is 13.5. The molecule has 2 aromatic carbocycles. The third-order valence-electron chi connectivity index (χ3n) is 3.88. The Morgan fingerprint density at radius 3 is 2.57 bits per heavy atom. The zero-order chi connectivity index (χ0) is 16.1. The van der Waals surface area contributed by atoms with Crippen molar-refractivity contribution in [3.8, 4) is 5.75 Å². The number of phenols is 1. The Morgan fingerprint density at radius 1 is 1.09 bits per heavy atom. The zero-order valence-electron chi connectivity index (χ0n) is 11.7. The summed E-state index contributed by atoms with van der Waals surface area (Å²) in [6.45, 7) is 0. The maximum Gasteiger partial charge on any atom is 0.288 e. The molecule has 5 nitrogen and oxygen atoms in total. The molecule has 114 valence electrons. The Morgan fingerprint density at radius 2 is 1.83 bits per heavy atom. The van der Waals surface area contributed by atoms with E-state index in [2.05, 4.69) is 5.32 Å². The minimum Gasteiger partial charge on any atom is -0.508 e. The van der Waals surface area contributed by atoms with Gasteiger partial charge in [0.15, 0.2) is 5.43 Å². The van der Waals surface area contributed by atoms with Crippen molar-refractivity contribution in [2.45, 2.75) is 6.04 Å². The van der Waals surface area contributed by atoms with E-state index in [1.54, 1.807) is 12.1 Å². The molecule has 0 saturated carbocycles. The highest BCUT2D eigenvalue weighted by atomic mass is 19.1. The zero-order valence-corrected chi connectivity index (χ0v) is 11.7. The predicted molar refractivity (Wildman–Crippen MR) is 79.9 cm³/mol. The number of nitrogens with one attached hydrogen (secondary N) is 1. The van der Waals surface area contributed by atoms with Crippen LogP contribution in [0.1, 0.15) is 27.7 Å². The van der Waals surface area contributed by atoms with Gasteiger partial charge in [-0.1, -0.05) is 12.1 Å². The topological polar surface area (TPSA) is 79.5 Å². The second-order valence-corrected chi connectivity index (χ2v) is 5.31. The number of amides is 1. The van der Waals surface area contributed by atoms with Crippen LogP contribution in [0.3, 0.4) is 0 Å². The number of fused-ring (bicyclic) bond motifs is 2. The summed E-state index contributed by atoms with van der Waals surface area (Å²) in [5.74, 6) is -1.04. The van der Waals surface area contributed by atoms with Crippen LogP contribution >= 0.6 is 0 Å². The lowest BCUT2D eigenvalue weighted by Crippen LogP contribution is -2.21. The lowest BCUT2D eigenvalue weighted by Gasteiger charge is -2.11. The predicted octanol–water partition coefficient (Wildman–Crippen LogP) is 2.47. The van der Waals surface area contributed by atoms with Crippen molar-refractivity contribution in [2.24, 2.45) is 0 Å². The highest BCUT2D eigenvalue weighted by Crippen LogP contribution is 2.31. The van der Waals surface area contributed by atoms with Gasteiger partial charge in [0.2, 0.25) is 5.76 Å². The van der Waals surface area contributed by atoms with Crippen molar-refractivity contribution < 1.29 is 18.7 Å². The molecule has 1 unspecified atom stereocenters. The van der Waals surface area contributed by atoms with Gasteiger partial charge >= 0.3 is 0 Å². The fourth-order valence-corrected chi connectivity index (χ4v) is 2.80. The highest BCUT2D eigenvalue weighted by Gasteiger charge is 2.35. The van der Waals surface area contributed by atoms with Crippen LogP contribution in [0.25, 0.3) is 11.0 Å². The van der Waals surface area contributed by atoms with Crippen molar-refractivity contribution in [3.63, 3.8) is 0 Å². The monoisotopic (exact) mass is 311 g/mol. The van der Waals surface area contributed by atoms with Crippen molar-refractivity contribution in [1.82, 2.24) is 5.32 Å². The molecule has 2 heterocycles. The second kappa shape index (κ2) is 4.67. The van der Waals surface area contributed by atoms with Crippen molar-refractivity contribution in [3.05, 3.63) is 75.4 Å². The normalized spacial score (nSPS) is 16.4. The number of carbonyl (C=O) groups excluding carboxylic acids is 1. The summed E-state index contributed by atoms with van der Waals surface area (Å²) >= 11 is 0. The average molecular weight is 311 g/mol. The fraction of sp³-hybridized carbons (Fsp3) is 0.0588. The van der Waals surface area contributed by atoms with E-state index < -0.39 is 23.2 Å². The Balaban J connectivity index is 1.99. The summed E-state index contributed by atoms with van der Waals surface area (Å²) in [5, 5.41) is 12.1. The van der Waals surface area contributed by atoms with Crippen LogP contribution < -0.4 is 10.7 Å². The number of aromatic hydroxyl groups is 1. The van der Waals surface area contributed by atoms with Crippen LogP contribution in [0.4, 0.5) is 4.39 Å². The van der Waals surface area contributed by atoms with Gasteiger partial charge < -0.3 is 14.8 Å². The molecule has 0 aliphatic carbocycles. The first-order valence-electron chi connectivity index (χ1n) is 6.90. The van der Waals surface area contributed by atoms with E-state index in [1.165, 1.54) is 24.3 Å². The molecular formula is C17H10FNO4. The molecule has 1 atom stereocenters. The molecular weight excluding hydrogens is 301 g/mol. The summed E-state index contributed by atoms with van der Waals surface area (Å²) in [6.07, 6.45) is 0. The Labute approximate surface area is 129 Å². The number of hydrogen-bond donors (Lipinski definition) is 2. The van der Waals surface area contributed by atoms with Crippen LogP contribution in [-0.4, -0.2) is 11.0 Å². The number of benzene rings is 2. The highest BCUT2D eigenvalue weighted by molar-refractivity contribution is 5.98. The molecule has 1 aromatic heterocycles.